The van der Waals surface area contributed by atoms with Gasteiger partial charge >= 0.3 is 6.03 Å². The number of nitrogens with zero attached hydrogens (tertiary/aromatic N) is 2. The van der Waals surface area contributed by atoms with Crippen LogP contribution < -0.4 is 10.6 Å². The Bertz CT molecular complexity index is 447. The topological polar surface area (TPSA) is 49.6 Å². The van der Waals surface area contributed by atoms with E-state index in [0.29, 0.717) is 18.2 Å². The van der Waals surface area contributed by atoms with Crippen molar-refractivity contribution in [3.05, 3.63) is 24.3 Å². The summed E-state index contributed by atoms with van der Waals surface area (Å²) >= 11 is 0. The predicted octanol–water partition coefficient (Wildman–Crippen LogP) is 2.95. The minimum Gasteiger partial charge on any atom is -0.397 e. The van der Waals surface area contributed by atoms with E-state index in [2.05, 4.69) is 6.92 Å². The smallest absolute Gasteiger partial charge is 0.324 e. The molecule has 0 saturated carbocycles. The zero-order valence-corrected chi connectivity index (χ0v) is 11.8. The first-order valence-corrected chi connectivity index (χ1v) is 7.04. The fraction of sp³-hybridized carbons (Fsp3) is 0.533. The molecule has 1 saturated heterocycles. The number of anilines is 2. The fourth-order valence-corrected chi connectivity index (χ4v) is 2.68. The first-order chi connectivity index (χ1) is 9.13. The van der Waals surface area contributed by atoms with Crippen LogP contribution in [-0.4, -0.2) is 30.6 Å². The molecule has 1 aliphatic rings. The number of para-hydroxylation sites is 2. The van der Waals surface area contributed by atoms with E-state index in [1.54, 1.807) is 4.90 Å². The number of urea groups is 1. The molecule has 104 valence electrons. The minimum absolute atomic E-state index is 0.0759. The third-order valence-electron chi connectivity index (χ3n) is 3.70. The maximum absolute atomic E-state index is 12.6. The van der Waals surface area contributed by atoms with Gasteiger partial charge in [-0.05, 0) is 37.8 Å². The SMILES string of the molecule is CCN(C(=O)N1CCCC(C)C1)c1ccccc1N. The molecular formula is C15H23N3O. The second-order valence-corrected chi connectivity index (χ2v) is 5.28. The summed E-state index contributed by atoms with van der Waals surface area (Å²) in [6, 6.07) is 7.63. The number of amides is 2. The Morgan fingerprint density at radius 3 is 2.84 bits per heavy atom. The second kappa shape index (κ2) is 5.95. The van der Waals surface area contributed by atoms with Crippen LogP contribution in [0.15, 0.2) is 24.3 Å². The lowest BCUT2D eigenvalue weighted by molar-refractivity contribution is 0.176. The second-order valence-electron chi connectivity index (χ2n) is 5.28. The molecule has 19 heavy (non-hydrogen) atoms. The van der Waals surface area contributed by atoms with Crippen LogP contribution in [0.5, 0.6) is 0 Å². The number of nitrogen functional groups attached to an aromatic ring is 1. The maximum atomic E-state index is 12.6. The van der Waals surface area contributed by atoms with Gasteiger partial charge in [-0.25, -0.2) is 4.79 Å². The number of rotatable bonds is 2. The Labute approximate surface area is 115 Å². The molecule has 0 bridgehead atoms. The molecule has 0 spiro atoms. The molecule has 0 aliphatic carbocycles. The summed E-state index contributed by atoms with van der Waals surface area (Å²) < 4.78 is 0. The fourth-order valence-electron chi connectivity index (χ4n) is 2.68. The van der Waals surface area contributed by atoms with Crippen LogP contribution in [0.1, 0.15) is 26.7 Å². The average molecular weight is 261 g/mol. The van der Waals surface area contributed by atoms with E-state index in [9.17, 15) is 4.79 Å². The van der Waals surface area contributed by atoms with Gasteiger partial charge in [-0.2, -0.15) is 0 Å². The first-order valence-electron chi connectivity index (χ1n) is 7.04. The number of likely N-dealkylation sites (tertiary alicyclic amines) is 1. The lowest BCUT2D eigenvalue weighted by Crippen LogP contribution is -2.47. The highest BCUT2D eigenvalue weighted by Crippen LogP contribution is 2.25. The van der Waals surface area contributed by atoms with E-state index in [1.807, 2.05) is 36.1 Å². The van der Waals surface area contributed by atoms with Crippen molar-refractivity contribution in [1.82, 2.24) is 4.90 Å². The van der Waals surface area contributed by atoms with Crippen molar-refractivity contribution in [2.45, 2.75) is 26.7 Å². The van der Waals surface area contributed by atoms with Crippen LogP contribution in [0, 0.1) is 5.92 Å². The molecule has 1 aliphatic heterocycles. The molecule has 1 fully saturated rings. The van der Waals surface area contributed by atoms with E-state index >= 15 is 0 Å². The van der Waals surface area contributed by atoms with Crippen LogP contribution in [0.4, 0.5) is 16.2 Å². The third kappa shape index (κ3) is 3.00. The Kier molecular flexibility index (Phi) is 4.30. The van der Waals surface area contributed by atoms with Gasteiger partial charge in [-0.1, -0.05) is 19.1 Å². The van der Waals surface area contributed by atoms with E-state index < -0.39 is 0 Å². The molecule has 1 atom stereocenters. The Balaban J connectivity index is 2.17. The molecule has 4 nitrogen and oxygen atoms in total. The summed E-state index contributed by atoms with van der Waals surface area (Å²) in [6.45, 7) is 6.52. The Morgan fingerprint density at radius 2 is 2.21 bits per heavy atom. The van der Waals surface area contributed by atoms with Gasteiger partial charge in [0.05, 0.1) is 11.4 Å². The van der Waals surface area contributed by atoms with Gasteiger partial charge in [-0.3, -0.25) is 4.90 Å². The van der Waals surface area contributed by atoms with Crippen molar-refractivity contribution in [3.63, 3.8) is 0 Å². The zero-order chi connectivity index (χ0) is 13.8. The Hall–Kier alpha value is -1.71. The molecule has 1 unspecified atom stereocenters. The standard InChI is InChI=1S/C15H23N3O/c1-3-18(14-9-5-4-8-13(14)16)15(19)17-10-6-7-12(2)11-17/h4-5,8-9,12H,3,6-7,10-11,16H2,1-2H3. The summed E-state index contributed by atoms with van der Waals surface area (Å²) in [7, 11) is 0. The molecule has 1 aromatic carbocycles. The summed E-state index contributed by atoms with van der Waals surface area (Å²) in [6.07, 6.45) is 2.30. The highest BCUT2D eigenvalue weighted by atomic mass is 16.2. The van der Waals surface area contributed by atoms with Crippen molar-refractivity contribution in [2.75, 3.05) is 30.3 Å². The maximum Gasteiger partial charge on any atom is 0.324 e. The van der Waals surface area contributed by atoms with E-state index in [0.717, 1.165) is 25.2 Å². The number of nitrogens with two attached hydrogens (primary N) is 1. The van der Waals surface area contributed by atoms with Crippen LogP contribution in [0.25, 0.3) is 0 Å². The zero-order valence-electron chi connectivity index (χ0n) is 11.8. The molecule has 2 rings (SSSR count). The summed E-state index contributed by atoms with van der Waals surface area (Å²) in [4.78, 5) is 16.3. The highest BCUT2D eigenvalue weighted by Gasteiger charge is 2.26. The van der Waals surface area contributed by atoms with Crippen molar-refractivity contribution in [3.8, 4) is 0 Å². The van der Waals surface area contributed by atoms with Crippen molar-refractivity contribution >= 4 is 17.4 Å². The molecule has 2 N–H and O–H groups in total. The number of carbonyl (C=O) groups is 1. The number of carbonyl (C=O) groups excluding carboxylic acids is 1. The highest BCUT2D eigenvalue weighted by molar-refractivity contribution is 5.95. The lowest BCUT2D eigenvalue weighted by atomic mass is 10.0. The quantitative estimate of drug-likeness (QED) is 0.832. The monoisotopic (exact) mass is 261 g/mol. The van der Waals surface area contributed by atoms with Gasteiger partial charge in [-0.15, -0.1) is 0 Å². The molecular weight excluding hydrogens is 238 g/mol. The molecule has 1 heterocycles. The first kappa shape index (κ1) is 13.7. The van der Waals surface area contributed by atoms with Gasteiger partial charge in [0.1, 0.15) is 0 Å². The largest absolute Gasteiger partial charge is 0.397 e. The molecule has 1 aromatic rings. The van der Waals surface area contributed by atoms with Crippen LogP contribution in [-0.2, 0) is 0 Å². The van der Waals surface area contributed by atoms with E-state index in [4.69, 9.17) is 5.73 Å². The predicted molar refractivity (Wildman–Crippen MR) is 79.2 cm³/mol. The number of hydrogen-bond donors (Lipinski definition) is 1. The molecule has 0 aromatic heterocycles. The summed E-state index contributed by atoms with van der Waals surface area (Å²) in [5.41, 5.74) is 7.45. The lowest BCUT2D eigenvalue weighted by Gasteiger charge is -2.35. The van der Waals surface area contributed by atoms with Crippen LogP contribution in [0.3, 0.4) is 0 Å². The average Bonchev–Trinajstić information content (AvgIpc) is 2.41. The van der Waals surface area contributed by atoms with Crippen LogP contribution >= 0.6 is 0 Å². The Morgan fingerprint density at radius 1 is 1.47 bits per heavy atom. The van der Waals surface area contributed by atoms with Gasteiger partial charge in [0.2, 0.25) is 0 Å². The van der Waals surface area contributed by atoms with Crippen molar-refractivity contribution in [1.29, 1.82) is 0 Å². The van der Waals surface area contributed by atoms with Gasteiger partial charge < -0.3 is 10.6 Å². The number of piperidine rings is 1. The van der Waals surface area contributed by atoms with Crippen molar-refractivity contribution < 1.29 is 4.79 Å². The minimum atomic E-state index is 0.0759. The molecule has 2 amide bonds. The summed E-state index contributed by atoms with van der Waals surface area (Å²) in [5, 5.41) is 0. The van der Waals surface area contributed by atoms with Gasteiger partial charge in [0.15, 0.2) is 0 Å². The third-order valence-corrected chi connectivity index (χ3v) is 3.70. The number of benzene rings is 1. The van der Waals surface area contributed by atoms with Gasteiger partial charge in [0.25, 0.3) is 0 Å². The van der Waals surface area contributed by atoms with E-state index in [-0.39, 0.29) is 6.03 Å². The van der Waals surface area contributed by atoms with Crippen molar-refractivity contribution in [2.24, 2.45) is 5.92 Å². The van der Waals surface area contributed by atoms with E-state index in [1.165, 1.54) is 6.42 Å². The normalized spacial score (nSPS) is 19.3. The van der Waals surface area contributed by atoms with Crippen LogP contribution in [0.2, 0.25) is 0 Å². The number of hydrogen-bond acceptors (Lipinski definition) is 2. The molecule has 0 radical (unpaired) electrons. The molecule has 4 heteroatoms. The van der Waals surface area contributed by atoms with Gasteiger partial charge in [0, 0.05) is 19.6 Å². The summed E-state index contributed by atoms with van der Waals surface area (Å²) in [5.74, 6) is 0.588.